The quantitative estimate of drug-likeness (QED) is 0.581. The summed E-state index contributed by atoms with van der Waals surface area (Å²) in [7, 11) is 1.71. The minimum atomic E-state index is -0.999. The Morgan fingerprint density at radius 1 is 1.03 bits per heavy atom. The van der Waals surface area contributed by atoms with E-state index >= 15 is 0 Å². The van der Waals surface area contributed by atoms with Crippen molar-refractivity contribution in [3.63, 3.8) is 0 Å². The Bertz CT molecular complexity index is 1240. The van der Waals surface area contributed by atoms with Crippen LogP contribution in [0.4, 0.5) is 10.5 Å². The summed E-state index contributed by atoms with van der Waals surface area (Å²) in [5.41, 5.74) is 4.64. The summed E-state index contributed by atoms with van der Waals surface area (Å²) < 4.78 is 10.9. The minimum Gasteiger partial charge on any atom is -0.480 e. The molecule has 2 amide bonds. The highest BCUT2D eigenvalue weighted by Gasteiger charge is 2.34. The number of carboxylic acid groups (broad SMARTS) is 1. The maximum Gasteiger partial charge on any atom is 0.411 e. The molecule has 0 radical (unpaired) electrons. The summed E-state index contributed by atoms with van der Waals surface area (Å²) in [6, 6.07) is 16.8. The van der Waals surface area contributed by atoms with Crippen LogP contribution in [0.15, 0.2) is 65.3 Å². The number of likely N-dealkylation sites (N-methyl/N-ethyl adjacent to an activating group) is 1. The van der Waals surface area contributed by atoms with Gasteiger partial charge in [0.05, 0.1) is 12.0 Å². The van der Waals surface area contributed by atoms with E-state index in [0.29, 0.717) is 13.1 Å². The number of carboxylic acids is 1. The van der Waals surface area contributed by atoms with Crippen LogP contribution in [0.5, 0.6) is 0 Å². The molecule has 2 aromatic carbocycles. The van der Waals surface area contributed by atoms with Crippen LogP contribution >= 0.6 is 0 Å². The van der Waals surface area contributed by atoms with Crippen molar-refractivity contribution < 1.29 is 28.6 Å². The molecule has 1 saturated heterocycles. The molecule has 2 heterocycles. The van der Waals surface area contributed by atoms with Crippen molar-refractivity contribution in [2.45, 2.75) is 12.0 Å². The molecule has 0 saturated carbocycles. The molecule has 5 rings (SSSR count). The Balaban J connectivity index is 1.25. The number of nitrogens with zero attached hydrogens (tertiary/aromatic N) is 2. The number of benzene rings is 2. The topological polar surface area (TPSA) is 112 Å². The molecule has 1 aliphatic carbocycles. The third kappa shape index (κ3) is 4.26. The number of ether oxygens (including phenoxy) is 1. The van der Waals surface area contributed by atoms with E-state index in [1.54, 1.807) is 11.9 Å². The molecule has 0 bridgehead atoms. The Hall–Kier alpha value is -4.11. The van der Waals surface area contributed by atoms with Gasteiger partial charge in [-0.25, -0.2) is 4.79 Å². The standard InChI is InChI=1S/C26H25N3O6/c1-28-11-12-29(14-22(28)25(31)32)24(30)23-21(10-13-34-23)27-26(33)35-15-20-18-8-4-2-6-16(18)17-7-3-5-9-19(17)20/h2-10,13,20,22H,11-12,14-15H2,1H3,(H,27,33)(H,31,32). The van der Waals surface area contributed by atoms with E-state index in [1.807, 2.05) is 36.4 Å². The summed E-state index contributed by atoms with van der Waals surface area (Å²) in [5.74, 6) is -1.63. The fourth-order valence-corrected chi connectivity index (χ4v) is 4.79. The first-order valence-corrected chi connectivity index (χ1v) is 11.4. The highest BCUT2D eigenvalue weighted by Crippen LogP contribution is 2.44. The largest absolute Gasteiger partial charge is 0.480 e. The SMILES string of the molecule is CN1CCN(C(=O)c2occc2NC(=O)OCC2c3ccccc3-c3ccccc32)CC1C(=O)O. The van der Waals surface area contributed by atoms with Crippen molar-refractivity contribution in [1.29, 1.82) is 0 Å². The molecule has 1 unspecified atom stereocenters. The predicted octanol–water partition coefficient (Wildman–Crippen LogP) is 3.48. The van der Waals surface area contributed by atoms with Gasteiger partial charge in [-0.2, -0.15) is 0 Å². The molecule has 0 spiro atoms. The molecule has 35 heavy (non-hydrogen) atoms. The minimum absolute atomic E-state index is 0.0236. The van der Waals surface area contributed by atoms with Crippen LogP contribution in [0.25, 0.3) is 11.1 Å². The zero-order chi connectivity index (χ0) is 24.5. The molecule has 1 atom stereocenters. The van der Waals surface area contributed by atoms with E-state index in [1.165, 1.54) is 17.2 Å². The van der Waals surface area contributed by atoms with Crippen molar-refractivity contribution in [3.8, 4) is 11.1 Å². The number of anilines is 1. The lowest BCUT2D eigenvalue weighted by Gasteiger charge is -2.36. The summed E-state index contributed by atoms with van der Waals surface area (Å²) in [6.45, 7) is 0.929. The fourth-order valence-electron chi connectivity index (χ4n) is 4.79. The Kier molecular flexibility index (Phi) is 6.00. The average molecular weight is 476 g/mol. The summed E-state index contributed by atoms with van der Waals surface area (Å²) >= 11 is 0. The van der Waals surface area contributed by atoms with Gasteiger partial charge < -0.3 is 19.2 Å². The van der Waals surface area contributed by atoms with Crippen LogP contribution < -0.4 is 5.32 Å². The van der Waals surface area contributed by atoms with Crippen LogP contribution in [0.2, 0.25) is 0 Å². The third-order valence-electron chi connectivity index (χ3n) is 6.66. The first-order valence-electron chi connectivity index (χ1n) is 11.4. The highest BCUT2D eigenvalue weighted by molar-refractivity contribution is 6.00. The highest BCUT2D eigenvalue weighted by atomic mass is 16.5. The summed E-state index contributed by atoms with van der Waals surface area (Å²) in [5, 5.41) is 12.0. The summed E-state index contributed by atoms with van der Waals surface area (Å²) in [6.07, 6.45) is 0.598. The van der Waals surface area contributed by atoms with E-state index in [4.69, 9.17) is 9.15 Å². The second-order valence-corrected chi connectivity index (χ2v) is 8.70. The zero-order valence-electron chi connectivity index (χ0n) is 19.1. The number of piperazine rings is 1. The number of rotatable bonds is 5. The van der Waals surface area contributed by atoms with Gasteiger partial charge in [0, 0.05) is 31.6 Å². The molecule has 1 fully saturated rings. The Morgan fingerprint density at radius 2 is 1.69 bits per heavy atom. The van der Waals surface area contributed by atoms with Crippen LogP contribution in [0, 0.1) is 0 Å². The molecule has 3 aromatic rings. The average Bonchev–Trinajstić information content (AvgIpc) is 3.45. The number of hydrogen-bond acceptors (Lipinski definition) is 6. The van der Waals surface area contributed by atoms with Crippen molar-refractivity contribution in [2.75, 3.05) is 38.6 Å². The lowest BCUT2D eigenvalue weighted by Crippen LogP contribution is -2.56. The normalized spacial score (nSPS) is 17.5. The number of carbonyl (C=O) groups is 3. The van der Waals surface area contributed by atoms with Crippen LogP contribution in [-0.4, -0.2) is 72.2 Å². The van der Waals surface area contributed by atoms with Gasteiger partial charge in [-0.1, -0.05) is 48.5 Å². The predicted molar refractivity (Wildman–Crippen MR) is 127 cm³/mol. The van der Waals surface area contributed by atoms with Gasteiger partial charge in [-0.3, -0.25) is 19.8 Å². The molecule has 1 aliphatic heterocycles. The number of furan rings is 1. The van der Waals surface area contributed by atoms with E-state index in [9.17, 15) is 19.5 Å². The van der Waals surface area contributed by atoms with Crippen molar-refractivity contribution in [1.82, 2.24) is 9.80 Å². The molecule has 1 aromatic heterocycles. The van der Waals surface area contributed by atoms with E-state index in [0.717, 1.165) is 22.3 Å². The monoisotopic (exact) mass is 475 g/mol. The molecule has 180 valence electrons. The fraction of sp³-hybridized carbons (Fsp3) is 0.269. The Labute approximate surface area is 201 Å². The smallest absolute Gasteiger partial charge is 0.411 e. The molecule has 2 N–H and O–H groups in total. The molecular formula is C26H25N3O6. The number of aliphatic carboxylic acids is 1. The van der Waals surface area contributed by atoms with Gasteiger partial charge >= 0.3 is 12.1 Å². The first kappa shape index (κ1) is 22.7. The van der Waals surface area contributed by atoms with Crippen LogP contribution in [0.3, 0.4) is 0 Å². The van der Waals surface area contributed by atoms with Crippen LogP contribution in [-0.2, 0) is 9.53 Å². The number of hydrogen-bond donors (Lipinski definition) is 2. The van der Waals surface area contributed by atoms with Gasteiger partial charge in [0.2, 0.25) is 5.76 Å². The van der Waals surface area contributed by atoms with Gasteiger partial charge in [0.15, 0.2) is 0 Å². The maximum absolute atomic E-state index is 13.0. The van der Waals surface area contributed by atoms with Crippen molar-refractivity contribution in [2.24, 2.45) is 0 Å². The van der Waals surface area contributed by atoms with Crippen molar-refractivity contribution in [3.05, 3.63) is 77.7 Å². The molecule has 9 heteroatoms. The van der Waals surface area contributed by atoms with Gasteiger partial charge in [0.25, 0.3) is 5.91 Å². The number of carbonyl (C=O) groups excluding carboxylic acids is 2. The van der Waals surface area contributed by atoms with Crippen molar-refractivity contribution >= 4 is 23.7 Å². The zero-order valence-corrected chi connectivity index (χ0v) is 19.1. The lowest BCUT2D eigenvalue weighted by molar-refractivity contribution is -0.144. The maximum atomic E-state index is 13.0. The second-order valence-electron chi connectivity index (χ2n) is 8.70. The Morgan fingerprint density at radius 3 is 2.34 bits per heavy atom. The molecular weight excluding hydrogens is 450 g/mol. The molecule has 2 aliphatic rings. The van der Waals surface area contributed by atoms with Crippen LogP contribution in [0.1, 0.15) is 27.6 Å². The number of fused-ring (bicyclic) bond motifs is 3. The van der Waals surface area contributed by atoms with Gasteiger partial charge in [0.1, 0.15) is 12.6 Å². The number of amides is 2. The second kappa shape index (κ2) is 9.27. The third-order valence-corrected chi connectivity index (χ3v) is 6.66. The van der Waals surface area contributed by atoms with E-state index in [2.05, 4.69) is 17.4 Å². The lowest BCUT2D eigenvalue weighted by atomic mass is 9.98. The van der Waals surface area contributed by atoms with E-state index < -0.39 is 24.0 Å². The molecule has 9 nitrogen and oxygen atoms in total. The number of nitrogens with one attached hydrogen (secondary N) is 1. The van der Waals surface area contributed by atoms with E-state index in [-0.39, 0.29) is 30.5 Å². The first-order chi connectivity index (χ1) is 16.9. The van der Waals surface area contributed by atoms with Gasteiger partial charge in [-0.05, 0) is 29.3 Å². The van der Waals surface area contributed by atoms with Gasteiger partial charge in [-0.15, -0.1) is 0 Å². The summed E-state index contributed by atoms with van der Waals surface area (Å²) in [4.78, 5) is 40.2.